The third kappa shape index (κ3) is 3.30. The summed E-state index contributed by atoms with van der Waals surface area (Å²) in [4.78, 5) is 10.2. The second-order valence-electron chi connectivity index (χ2n) is 4.17. The average molecular weight is 195 g/mol. The highest BCUT2D eigenvalue weighted by molar-refractivity contribution is 5.29. The Hall–Kier alpha value is -1.16. The number of aliphatic hydroxyl groups is 1. The van der Waals surface area contributed by atoms with Crippen LogP contribution in [0.3, 0.4) is 0 Å². The Morgan fingerprint density at radius 2 is 2.14 bits per heavy atom. The SMILES string of the molecule is Cc1ccnc(N(C)CC(C)(C)O)n1. The van der Waals surface area contributed by atoms with E-state index in [0.717, 1.165) is 5.69 Å². The van der Waals surface area contributed by atoms with Crippen molar-refractivity contribution in [3.8, 4) is 0 Å². The molecule has 0 aliphatic rings. The fourth-order valence-corrected chi connectivity index (χ4v) is 1.27. The number of aryl methyl sites for hydroxylation is 1. The Bertz CT molecular complexity index is 306. The Morgan fingerprint density at radius 1 is 1.50 bits per heavy atom. The van der Waals surface area contributed by atoms with Gasteiger partial charge in [-0.1, -0.05) is 0 Å². The van der Waals surface area contributed by atoms with E-state index in [-0.39, 0.29) is 0 Å². The normalized spacial score (nSPS) is 11.5. The highest BCUT2D eigenvalue weighted by Crippen LogP contribution is 2.09. The maximum absolute atomic E-state index is 9.62. The van der Waals surface area contributed by atoms with Crippen molar-refractivity contribution in [3.63, 3.8) is 0 Å². The highest BCUT2D eigenvalue weighted by Gasteiger charge is 2.17. The number of hydrogen-bond acceptors (Lipinski definition) is 4. The summed E-state index contributed by atoms with van der Waals surface area (Å²) in [6.45, 7) is 5.96. The lowest BCUT2D eigenvalue weighted by atomic mass is 10.1. The first kappa shape index (κ1) is 10.9. The molecule has 78 valence electrons. The van der Waals surface area contributed by atoms with Crippen molar-refractivity contribution in [2.75, 3.05) is 18.5 Å². The largest absolute Gasteiger partial charge is 0.389 e. The molecule has 0 amide bonds. The van der Waals surface area contributed by atoms with Crippen LogP contribution in [0, 0.1) is 6.92 Å². The molecule has 0 aliphatic carbocycles. The first-order valence-corrected chi connectivity index (χ1v) is 4.62. The Labute approximate surface area is 84.6 Å². The molecule has 0 atom stereocenters. The minimum atomic E-state index is -0.734. The van der Waals surface area contributed by atoms with Crippen LogP contribution < -0.4 is 4.90 Å². The molecular formula is C10H17N3O. The van der Waals surface area contributed by atoms with E-state index in [1.54, 1.807) is 20.0 Å². The van der Waals surface area contributed by atoms with Gasteiger partial charge in [0, 0.05) is 25.5 Å². The second-order valence-corrected chi connectivity index (χ2v) is 4.17. The molecule has 0 unspecified atom stereocenters. The second kappa shape index (κ2) is 3.92. The minimum absolute atomic E-state index is 0.510. The number of hydrogen-bond donors (Lipinski definition) is 1. The molecule has 1 N–H and O–H groups in total. The van der Waals surface area contributed by atoms with Crippen LogP contribution in [0.5, 0.6) is 0 Å². The van der Waals surface area contributed by atoms with Gasteiger partial charge in [0.1, 0.15) is 0 Å². The average Bonchev–Trinajstić information content (AvgIpc) is 2.01. The number of nitrogens with zero attached hydrogens (tertiary/aromatic N) is 3. The van der Waals surface area contributed by atoms with E-state index in [1.807, 2.05) is 24.9 Å². The van der Waals surface area contributed by atoms with Crippen molar-refractivity contribution in [1.82, 2.24) is 9.97 Å². The summed E-state index contributed by atoms with van der Waals surface area (Å²) in [7, 11) is 1.87. The molecule has 4 heteroatoms. The van der Waals surface area contributed by atoms with Gasteiger partial charge in [0.05, 0.1) is 5.60 Å². The van der Waals surface area contributed by atoms with Gasteiger partial charge in [-0.2, -0.15) is 0 Å². The third-order valence-electron chi connectivity index (χ3n) is 1.75. The van der Waals surface area contributed by atoms with Crippen LogP contribution in [-0.4, -0.2) is 34.3 Å². The first-order chi connectivity index (χ1) is 6.38. The molecule has 1 aromatic heterocycles. The van der Waals surface area contributed by atoms with E-state index in [1.165, 1.54) is 0 Å². The zero-order valence-corrected chi connectivity index (χ0v) is 9.15. The van der Waals surface area contributed by atoms with Crippen LogP contribution in [0.4, 0.5) is 5.95 Å². The molecule has 1 rings (SSSR count). The summed E-state index contributed by atoms with van der Waals surface area (Å²) >= 11 is 0. The molecule has 0 spiro atoms. The van der Waals surface area contributed by atoms with E-state index >= 15 is 0 Å². The Morgan fingerprint density at radius 3 is 2.64 bits per heavy atom. The maximum atomic E-state index is 9.62. The summed E-state index contributed by atoms with van der Waals surface area (Å²) in [5.41, 5.74) is 0.194. The fraction of sp³-hybridized carbons (Fsp3) is 0.600. The van der Waals surface area contributed by atoms with Crippen molar-refractivity contribution >= 4 is 5.95 Å². The summed E-state index contributed by atoms with van der Waals surface area (Å²) in [5, 5.41) is 9.62. The van der Waals surface area contributed by atoms with Gasteiger partial charge in [0.2, 0.25) is 5.95 Å². The van der Waals surface area contributed by atoms with Crippen molar-refractivity contribution in [1.29, 1.82) is 0 Å². The number of anilines is 1. The van der Waals surface area contributed by atoms with E-state index in [4.69, 9.17) is 0 Å². The van der Waals surface area contributed by atoms with Gasteiger partial charge in [-0.05, 0) is 26.8 Å². The van der Waals surface area contributed by atoms with Crippen LogP contribution in [-0.2, 0) is 0 Å². The Balaban J connectivity index is 2.74. The third-order valence-corrected chi connectivity index (χ3v) is 1.75. The molecule has 14 heavy (non-hydrogen) atoms. The summed E-state index contributed by atoms with van der Waals surface area (Å²) in [5.74, 6) is 0.645. The summed E-state index contributed by atoms with van der Waals surface area (Å²) in [6, 6.07) is 1.85. The van der Waals surface area contributed by atoms with E-state index in [2.05, 4.69) is 9.97 Å². The topological polar surface area (TPSA) is 49.2 Å². The number of aromatic nitrogens is 2. The molecule has 1 heterocycles. The predicted octanol–water partition coefficient (Wildman–Crippen LogP) is 0.992. The maximum Gasteiger partial charge on any atom is 0.225 e. The standard InChI is InChI=1S/C10H17N3O/c1-8-5-6-11-9(12-8)13(4)7-10(2,3)14/h5-6,14H,7H2,1-4H3. The lowest BCUT2D eigenvalue weighted by Gasteiger charge is -2.25. The Kier molecular flexibility index (Phi) is 3.06. The van der Waals surface area contributed by atoms with Crippen molar-refractivity contribution < 1.29 is 5.11 Å². The zero-order chi connectivity index (χ0) is 10.8. The van der Waals surface area contributed by atoms with E-state index in [9.17, 15) is 5.11 Å². The molecule has 0 bridgehead atoms. The van der Waals surface area contributed by atoms with Crippen LogP contribution in [0.1, 0.15) is 19.5 Å². The fourth-order valence-electron chi connectivity index (χ4n) is 1.27. The monoisotopic (exact) mass is 195 g/mol. The minimum Gasteiger partial charge on any atom is -0.389 e. The summed E-state index contributed by atoms with van der Waals surface area (Å²) in [6.07, 6.45) is 1.72. The molecule has 0 aliphatic heterocycles. The molecule has 0 saturated heterocycles. The van der Waals surface area contributed by atoms with E-state index < -0.39 is 5.60 Å². The molecule has 0 radical (unpaired) electrons. The van der Waals surface area contributed by atoms with Gasteiger partial charge in [-0.3, -0.25) is 0 Å². The predicted molar refractivity (Wildman–Crippen MR) is 56.3 cm³/mol. The lowest BCUT2D eigenvalue weighted by Crippen LogP contribution is -2.37. The molecule has 4 nitrogen and oxygen atoms in total. The number of rotatable bonds is 3. The van der Waals surface area contributed by atoms with Crippen LogP contribution in [0.15, 0.2) is 12.3 Å². The molecule has 0 fully saturated rings. The summed E-state index contributed by atoms with van der Waals surface area (Å²) < 4.78 is 0. The van der Waals surface area contributed by atoms with Gasteiger partial charge in [0.25, 0.3) is 0 Å². The quantitative estimate of drug-likeness (QED) is 0.781. The van der Waals surface area contributed by atoms with Gasteiger partial charge in [-0.25, -0.2) is 9.97 Å². The smallest absolute Gasteiger partial charge is 0.225 e. The molecule has 0 aromatic carbocycles. The number of likely N-dealkylation sites (N-methyl/N-ethyl adjacent to an activating group) is 1. The van der Waals surface area contributed by atoms with Gasteiger partial charge < -0.3 is 10.0 Å². The van der Waals surface area contributed by atoms with Gasteiger partial charge in [-0.15, -0.1) is 0 Å². The molecular weight excluding hydrogens is 178 g/mol. The van der Waals surface area contributed by atoms with Crippen molar-refractivity contribution in [2.24, 2.45) is 0 Å². The van der Waals surface area contributed by atoms with Gasteiger partial charge >= 0.3 is 0 Å². The van der Waals surface area contributed by atoms with Crippen molar-refractivity contribution in [3.05, 3.63) is 18.0 Å². The zero-order valence-electron chi connectivity index (χ0n) is 9.15. The first-order valence-electron chi connectivity index (χ1n) is 4.62. The lowest BCUT2D eigenvalue weighted by molar-refractivity contribution is 0.0883. The van der Waals surface area contributed by atoms with Crippen LogP contribution >= 0.6 is 0 Å². The van der Waals surface area contributed by atoms with Crippen LogP contribution in [0.2, 0.25) is 0 Å². The highest BCUT2D eigenvalue weighted by atomic mass is 16.3. The van der Waals surface area contributed by atoms with Crippen molar-refractivity contribution in [2.45, 2.75) is 26.4 Å². The molecule has 1 aromatic rings. The van der Waals surface area contributed by atoms with E-state index in [0.29, 0.717) is 12.5 Å². The molecule has 0 saturated carbocycles. The van der Waals surface area contributed by atoms with Crippen LogP contribution in [0.25, 0.3) is 0 Å². The van der Waals surface area contributed by atoms with Gasteiger partial charge in [0.15, 0.2) is 0 Å².